The molecule has 0 fully saturated rings. The lowest BCUT2D eigenvalue weighted by Crippen LogP contribution is -1.89. The van der Waals surface area contributed by atoms with Gasteiger partial charge in [-0.05, 0) is 48.1 Å². The molecular formula is C19H10Si. The molecule has 0 atom stereocenters. The molecule has 0 radical (unpaired) electrons. The number of benzene rings is 3. The zero-order chi connectivity index (χ0) is 12.8. The lowest BCUT2D eigenvalue weighted by molar-refractivity contribution is 1.88. The minimum Gasteiger partial charge on any atom is -0.0730 e. The summed E-state index contributed by atoms with van der Waals surface area (Å²) in [6.45, 7) is 0. The van der Waals surface area contributed by atoms with Crippen molar-refractivity contribution in [3.05, 3.63) is 59.9 Å². The predicted octanol–water partition coefficient (Wildman–Crippen LogP) is 5.09. The summed E-state index contributed by atoms with van der Waals surface area (Å²) in [4.78, 5) is 1.64. The van der Waals surface area contributed by atoms with Crippen LogP contribution in [0.2, 0.25) is 0 Å². The van der Waals surface area contributed by atoms with Gasteiger partial charge < -0.3 is 0 Å². The van der Waals surface area contributed by atoms with Crippen molar-refractivity contribution in [2.45, 2.75) is 0 Å². The Kier molecular flexibility index (Phi) is 1.40. The molecule has 0 spiro atoms. The summed E-state index contributed by atoms with van der Waals surface area (Å²) in [6, 6.07) is 18.4. The molecule has 20 heavy (non-hydrogen) atoms. The Balaban J connectivity index is 2.27. The third-order valence-corrected chi connectivity index (χ3v) is 7.03. The van der Waals surface area contributed by atoms with Gasteiger partial charge in [-0.15, -0.1) is 0 Å². The van der Waals surface area contributed by atoms with Crippen LogP contribution in [0.3, 0.4) is 0 Å². The zero-order valence-electron chi connectivity index (χ0n) is 10.8. The van der Waals surface area contributed by atoms with Gasteiger partial charge >= 0.3 is 0 Å². The Morgan fingerprint density at radius 1 is 0.450 bits per heavy atom. The molecular weight excluding hydrogens is 256 g/mol. The quantitative estimate of drug-likeness (QED) is 0.265. The maximum absolute atomic E-state index is 2.44. The van der Waals surface area contributed by atoms with Crippen molar-refractivity contribution in [2.24, 2.45) is 0 Å². The second-order valence-corrected chi connectivity index (χ2v) is 7.90. The van der Waals surface area contributed by atoms with Crippen LogP contribution in [0.5, 0.6) is 0 Å². The zero-order valence-corrected chi connectivity index (χ0v) is 11.8. The largest absolute Gasteiger partial charge is 0.0741 e. The highest BCUT2D eigenvalue weighted by molar-refractivity contribution is 6.70. The highest BCUT2D eigenvalue weighted by Gasteiger charge is 2.18. The average molecular weight is 266 g/mol. The van der Waals surface area contributed by atoms with Crippen LogP contribution in [0, 0.1) is 0 Å². The molecule has 1 heteroatoms. The van der Waals surface area contributed by atoms with E-state index in [4.69, 9.17) is 0 Å². The van der Waals surface area contributed by atoms with Crippen molar-refractivity contribution in [1.82, 2.24) is 0 Å². The number of rotatable bonds is 0. The molecule has 0 unspecified atom stereocenters. The van der Waals surface area contributed by atoms with E-state index in [2.05, 4.69) is 59.9 Å². The van der Waals surface area contributed by atoms with E-state index in [0.717, 1.165) is 0 Å². The van der Waals surface area contributed by atoms with Crippen LogP contribution >= 0.6 is 0 Å². The summed E-state index contributed by atoms with van der Waals surface area (Å²) in [5, 5.41) is 11.7. The average Bonchev–Trinajstić information content (AvgIpc) is 2.88. The molecule has 0 bridgehead atoms. The van der Waals surface area contributed by atoms with E-state index >= 15 is 0 Å². The maximum atomic E-state index is 2.44. The van der Waals surface area contributed by atoms with Crippen LogP contribution in [0.15, 0.2) is 59.9 Å². The Hall–Kier alpha value is -2.25. The molecule has 6 aromatic rings. The van der Waals surface area contributed by atoms with Gasteiger partial charge in [0.05, 0.1) is 8.20 Å². The van der Waals surface area contributed by atoms with Gasteiger partial charge in [0, 0.05) is 0 Å². The molecule has 0 nitrogen and oxygen atoms in total. The Morgan fingerprint density at radius 2 is 0.850 bits per heavy atom. The van der Waals surface area contributed by atoms with Gasteiger partial charge in [-0.25, -0.2) is 0 Å². The summed E-state index contributed by atoms with van der Waals surface area (Å²) in [5.74, 6) is 0. The van der Waals surface area contributed by atoms with Crippen LogP contribution in [-0.2, 0) is 0 Å². The smallest absolute Gasteiger partial charge is 0.0730 e. The Labute approximate surface area is 116 Å². The summed E-state index contributed by atoms with van der Waals surface area (Å²) in [6.07, 6.45) is 0. The molecule has 0 amide bonds. The molecule has 0 aliphatic heterocycles. The van der Waals surface area contributed by atoms with E-state index in [-0.39, 0.29) is 0 Å². The molecule has 90 valence electrons. The van der Waals surface area contributed by atoms with Crippen LogP contribution in [0.25, 0.3) is 48.1 Å². The molecule has 6 rings (SSSR count). The van der Waals surface area contributed by atoms with Crippen molar-refractivity contribution in [3.63, 3.8) is 0 Å². The van der Waals surface area contributed by atoms with Gasteiger partial charge in [0.1, 0.15) is 0 Å². The fourth-order valence-electron chi connectivity index (χ4n) is 4.08. The molecule has 0 saturated carbocycles. The molecule has 0 aliphatic carbocycles. The van der Waals surface area contributed by atoms with Gasteiger partial charge in [-0.2, -0.15) is 0 Å². The minimum atomic E-state index is -0.649. The normalized spacial score (nSPS) is 13.0. The van der Waals surface area contributed by atoms with Gasteiger partial charge in [0.25, 0.3) is 0 Å². The molecule has 2 aromatic heterocycles. The Morgan fingerprint density at radius 3 is 1.30 bits per heavy atom. The van der Waals surface area contributed by atoms with Crippen molar-refractivity contribution >= 4 is 56.3 Å². The monoisotopic (exact) mass is 266 g/mol. The SMILES string of the molecule is c1cc2ccc3cc[si]4ccc5ccc1c1c2c3c4c51. The first-order valence-electron chi connectivity index (χ1n) is 7.05. The summed E-state index contributed by atoms with van der Waals surface area (Å²) < 4.78 is 0. The molecule has 0 N–H and O–H groups in total. The minimum absolute atomic E-state index is 0.649. The standard InChI is InChI=1S/C19H10Si/c1-2-12-4-6-14-8-10-20-9-7-13-5-3-11(1)15-16(12)18(14)19(20)17(13)15/h1-10H. The van der Waals surface area contributed by atoms with E-state index < -0.39 is 8.20 Å². The second-order valence-electron chi connectivity index (χ2n) is 5.82. The van der Waals surface area contributed by atoms with E-state index in [0.29, 0.717) is 0 Å². The van der Waals surface area contributed by atoms with E-state index in [1.807, 2.05) is 0 Å². The van der Waals surface area contributed by atoms with Crippen LogP contribution in [0.4, 0.5) is 0 Å². The third kappa shape index (κ3) is 0.870. The lowest BCUT2D eigenvalue weighted by atomic mass is 10.00. The molecule has 0 aliphatic rings. The third-order valence-electron chi connectivity index (χ3n) is 4.91. The van der Waals surface area contributed by atoms with E-state index in [1.165, 1.54) is 43.1 Å². The maximum Gasteiger partial charge on any atom is 0.0741 e. The van der Waals surface area contributed by atoms with Crippen LogP contribution < -0.4 is 0 Å². The summed E-state index contributed by atoms with van der Waals surface area (Å²) >= 11 is 0. The first-order chi connectivity index (χ1) is 9.92. The Bertz CT molecular complexity index is 930. The number of hydrogen-bond acceptors (Lipinski definition) is 0. The summed E-state index contributed by atoms with van der Waals surface area (Å²) in [5.41, 5.74) is 4.89. The lowest BCUT2D eigenvalue weighted by Gasteiger charge is -2.03. The highest BCUT2D eigenvalue weighted by Crippen LogP contribution is 2.45. The predicted molar refractivity (Wildman–Crippen MR) is 88.9 cm³/mol. The second kappa shape index (κ2) is 2.91. The first-order valence-corrected chi connectivity index (χ1v) is 8.71. The fourth-order valence-corrected chi connectivity index (χ4v) is 6.36. The van der Waals surface area contributed by atoms with Crippen molar-refractivity contribution < 1.29 is 0 Å². The first kappa shape index (κ1) is 9.62. The van der Waals surface area contributed by atoms with Crippen LogP contribution in [-0.4, -0.2) is 8.20 Å². The van der Waals surface area contributed by atoms with Crippen molar-refractivity contribution in [2.75, 3.05) is 0 Å². The fraction of sp³-hybridized carbons (Fsp3) is 0. The van der Waals surface area contributed by atoms with Gasteiger partial charge in [0.15, 0.2) is 0 Å². The summed E-state index contributed by atoms with van der Waals surface area (Å²) in [7, 11) is -0.649. The van der Waals surface area contributed by atoms with Crippen molar-refractivity contribution in [3.8, 4) is 0 Å². The number of hydrogen-bond donors (Lipinski definition) is 0. The van der Waals surface area contributed by atoms with Crippen LogP contribution in [0.1, 0.15) is 0 Å². The van der Waals surface area contributed by atoms with E-state index in [1.54, 1.807) is 5.00 Å². The van der Waals surface area contributed by atoms with E-state index in [9.17, 15) is 0 Å². The molecule has 0 saturated heterocycles. The van der Waals surface area contributed by atoms with Gasteiger partial charge in [-0.3, -0.25) is 0 Å². The highest BCUT2D eigenvalue weighted by atomic mass is 28.2. The molecule has 4 aromatic carbocycles. The topological polar surface area (TPSA) is 0 Å². The van der Waals surface area contributed by atoms with Crippen molar-refractivity contribution in [1.29, 1.82) is 0 Å². The van der Waals surface area contributed by atoms with Gasteiger partial charge in [-0.1, -0.05) is 59.9 Å². The molecule has 2 heterocycles. The van der Waals surface area contributed by atoms with Gasteiger partial charge in [0.2, 0.25) is 0 Å².